The molecule has 1 aromatic rings. The summed E-state index contributed by atoms with van der Waals surface area (Å²) < 4.78 is 0. The molecule has 0 bridgehead atoms. The molecule has 118 valence electrons. The van der Waals surface area contributed by atoms with Gasteiger partial charge in [0, 0.05) is 31.6 Å². The zero-order valence-electron chi connectivity index (χ0n) is 11.9. The molecule has 0 aliphatic rings. The SMILES string of the molecule is Br.CNC(=C[N+](=O)[O-])NCCSCc1cccc(CN)c1. The zero-order valence-corrected chi connectivity index (χ0v) is 14.4. The van der Waals surface area contributed by atoms with Gasteiger partial charge in [0.15, 0.2) is 5.82 Å². The van der Waals surface area contributed by atoms with E-state index < -0.39 is 4.92 Å². The molecule has 0 spiro atoms. The van der Waals surface area contributed by atoms with Crippen molar-refractivity contribution in [2.75, 3.05) is 19.3 Å². The Balaban J connectivity index is 0.00000400. The number of nitrogens with two attached hydrogens (primary N) is 1. The lowest BCUT2D eigenvalue weighted by Gasteiger charge is -2.08. The normalized spacial score (nSPS) is 10.7. The summed E-state index contributed by atoms with van der Waals surface area (Å²) in [7, 11) is 1.65. The topological polar surface area (TPSA) is 93.2 Å². The molecule has 0 unspecified atom stereocenters. The number of benzene rings is 1. The fourth-order valence-electron chi connectivity index (χ4n) is 1.60. The average Bonchev–Trinajstić information content (AvgIpc) is 2.45. The summed E-state index contributed by atoms with van der Waals surface area (Å²) in [6.45, 7) is 1.22. The van der Waals surface area contributed by atoms with E-state index in [1.807, 2.05) is 12.1 Å². The maximum absolute atomic E-state index is 10.3. The lowest BCUT2D eigenvalue weighted by Crippen LogP contribution is -2.26. The number of hydrogen-bond acceptors (Lipinski definition) is 6. The van der Waals surface area contributed by atoms with Crippen molar-refractivity contribution in [1.82, 2.24) is 10.6 Å². The summed E-state index contributed by atoms with van der Waals surface area (Å²) in [5, 5.41) is 16.1. The molecule has 0 aromatic heterocycles. The van der Waals surface area contributed by atoms with Gasteiger partial charge in [0.1, 0.15) is 0 Å². The number of nitrogens with one attached hydrogen (secondary N) is 2. The summed E-state index contributed by atoms with van der Waals surface area (Å²) in [4.78, 5) is 9.85. The van der Waals surface area contributed by atoms with Crippen molar-refractivity contribution in [3.63, 3.8) is 0 Å². The number of halogens is 1. The van der Waals surface area contributed by atoms with Gasteiger partial charge in [0.2, 0.25) is 0 Å². The largest absolute Gasteiger partial charge is 0.370 e. The number of nitrogens with zero attached hydrogens (tertiary/aromatic N) is 1. The van der Waals surface area contributed by atoms with Gasteiger partial charge in [-0.15, -0.1) is 17.0 Å². The first-order chi connectivity index (χ1) is 9.65. The van der Waals surface area contributed by atoms with Crippen LogP contribution in [0.2, 0.25) is 0 Å². The van der Waals surface area contributed by atoms with Crippen LogP contribution in [0.15, 0.2) is 36.3 Å². The molecule has 1 aromatic carbocycles. The minimum atomic E-state index is -0.482. The Labute approximate surface area is 139 Å². The molecular weight excluding hydrogens is 356 g/mol. The fraction of sp³-hybridized carbons (Fsp3) is 0.385. The van der Waals surface area contributed by atoms with E-state index in [1.165, 1.54) is 5.56 Å². The van der Waals surface area contributed by atoms with Crippen LogP contribution in [0, 0.1) is 10.1 Å². The van der Waals surface area contributed by atoms with Crippen LogP contribution in [0.3, 0.4) is 0 Å². The molecule has 8 heteroatoms. The van der Waals surface area contributed by atoms with Gasteiger partial charge in [-0.2, -0.15) is 11.8 Å². The zero-order chi connectivity index (χ0) is 14.8. The Bertz CT molecular complexity index is 471. The van der Waals surface area contributed by atoms with Crippen molar-refractivity contribution in [2.24, 2.45) is 5.73 Å². The first-order valence-electron chi connectivity index (χ1n) is 6.28. The van der Waals surface area contributed by atoms with Crippen molar-refractivity contribution in [3.05, 3.63) is 57.5 Å². The highest BCUT2D eigenvalue weighted by Crippen LogP contribution is 2.13. The molecule has 4 N–H and O–H groups in total. The Morgan fingerprint density at radius 1 is 1.48 bits per heavy atom. The maximum atomic E-state index is 10.3. The van der Waals surface area contributed by atoms with Crippen LogP contribution in [0.25, 0.3) is 0 Å². The van der Waals surface area contributed by atoms with Crippen LogP contribution in [0.5, 0.6) is 0 Å². The third-order valence-corrected chi connectivity index (χ3v) is 3.59. The van der Waals surface area contributed by atoms with Gasteiger partial charge >= 0.3 is 0 Å². The molecule has 1 rings (SSSR count). The van der Waals surface area contributed by atoms with Gasteiger partial charge in [0.05, 0.1) is 4.92 Å². The highest BCUT2D eigenvalue weighted by Gasteiger charge is 2.00. The van der Waals surface area contributed by atoms with Gasteiger partial charge in [-0.25, -0.2) is 0 Å². The third kappa shape index (κ3) is 8.59. The summed E-state index contributed by atoms with van der Waals surface area (Å²) >= 11 is 1.77. The average molecular weight is 377 g/mol. The molecule has 0 saturated heterocycles. The van der Waals surface area contributed by atoms with E-state index in [2.05, 4.69) is 22.8 Å². The smallest absolute Gasteiger partial charge is 0.274 e. The Morgan fingerprint density at radius 3 is 2.81 bits per heavy atom. The van der Waals surface area contributed by atoms with Gasteiger partial charge < -0.3 is 16.4 Å². The predicted molar refractivity (Wildman–Crippen MR) is 93.0 cm³/mol. The lowest BCUT2D eigenvalue weighted by atomic mass is 10.1. The van der Waals surface area contributed by atoms with Gasteiger partial charge in [-0.05, 0) is 11.1 Å². The molecule has 0 amide bonds. The molecule has 0 atom stereocenters. The van der Waals surface area contributed by atoms with E-state index in [4.69, 9.17) is 5.73 Å². The van der Waals surface area contributed by atoms with Gasteiger partial charge in [-0.1, -0.05) is 24.3 Å². The molecule has 0 aliphatic heterocycles. The number of hydrogen-bond donors (Lipinski definition) is 3. The number of rotatable bonds is 9. The lowest BCUT2D eigenvalue weighted by molar-refractivity contribution is -0.404. The summed E-state index contributed by atoms with van der Waals surface area (Å²) in [6, 6.07) is 8.20. The summed E-state index contributed by atoms with van der Waals surface area (Å²) in [5.74, 6) is 2.19. The van der Waals surface area contributed by atoms with Crippen LogP contribution >= 0.6 is 28.7 Å². The summed E-state index contributed by atoms with van der Waals surface area (Å²) in [5.41, 5.74) is 7.97. The van der Waals surface area contributed by atoms with Crippen LogP contribution in [0.4, 0.5) is 0 Å². The molecule has 21 heavy (non-hydrogen) atoms. The second-order valence-electron chi connectivity index (χ2n) is 4.08. The summed E-state index contributed by atoms with van der Waals surface area (Å²) in [6.07, 6.45) is 0.926. The van der Waals surface area contributed by atoms with E-state index in [1.54, 1.807) is 18.8 Å². The number of thioether (sulfide) groups is 1. The molecule has 6 nitrogen and oxygen atoms in total. The third-order valence-electron chi connectivity index (χ3n) is 2.56. The first kappa shape index (κ1) is 19.8. The quantitative estimate of drug-likeness (QED) is 0.346. The molecule has 0 fully saturated rings. The molecule has 0 saturated carbocycles. The van der Waals surface area contributed by atoms with Gasteiger partial charge in [-0.3, -0.25) is 10.1 Å². The fourth-order valence-corrected chi connectivity index (χ4v) is 2.40. The van der Waals surface area contributed by atoms with Crippen molar-refractivity contribution >= 4 is 28.7 Å². The Morgan fingerprint density at radius 2 is 2.19 bits per heavy atom. The van der Waals surface area contributed by atoms with Crippen LogP contribution in [0.1, 0.15) is 11.1 Å². The minimum Gasteiger partial charge on any atom is -0.370 e. The second kappa shape index (κ2) is 11.4. The van der Waals surface area contributed by atoms with Crippen LogP contribution < -0.4 is 16.4 Å². The molecule has 0 radical (unpaired) electrons. The second-order valence-corrected chi connectivity index (χ2v) is 5.19. The highest BCUT2D eigenvalue weighted by molar-refractivity contribution is 8.93. The maximum Gasteiger partial charge on any atom is 0.274 e. The van der Waals surface area contributed by atoms with Crippen molar-refractivity contribution < 1.29 is 4.92 Å². The first-order valence-corrected chi connectivity index (χ1v) is 7.43. The molecule has 0 heterocycles. The molecular formula is C13H21BrN4O2S. The van der Waals surface area contributed by atoms with E-state index in [9.17, 15) is 10.1 Å². The minimum absolute atomic E-state index is 0. The van der Waals surface area contributed by atoms with Gasteiger partial charge in [0.25, 0.3) is 6.20 Å². The number of nitro groups is 1. The standard InChI is InChI=1S/C13H20N4O2S.BrH/c1-15-13(9-17(18)19)16-5-6-20-10-12-4-2-3-11(7-12)8-14;/h2-4,7,9,15-16H,5-6,8,10,14H2,1H3;1H. The van der Waals surface area contributed by atoms with Crippen molar-refractivity contribution in [3.8, 4) is 0 Å². The van der Waals surface area contributed by atoms with E-state index in [0.717, 1.165) is 23.3 Å². The van der Waals surface area contributed by atoms with Crippen LogP contribution in [-0.2, 0) is 12.3 Å². The Hall–Kier alpha value is -1.25. The predicted octanol–water partition coefficient (Wildman–Crippen LogP) is 1.84. The van der Waals surface area contributed by atoms with E-state index in [-0.39, 0.29) is 17.0 Å². The van der Waals surface area contributed by atoms with Crippen molar-refractivity contribution in [1.29, 1.82) is 0 Å². The van der Waals surface area contributed by atoms with E-state index in [0.29, 0.717) is 18.9 Å². The van der Waals surface area contributed by atoms with E-state index >= 15 is 0 Å². The van der Waals surface area contributed by atoms with Crippen molar-refractivity contribution in [2.45, 2.75) is 12.3 Å². The monoisotopic (exact) mass is 376 g/mol. The Kier molecular flexibility index (Phi) is 10.7. The highest BCUT2D eigenvalue weighted by atomic mass is 79.9. The van der Waals surface area contributed by atoms with Crippen LogP contribution in [-0.4, -0.2) is 24.3 Å². The molecule has 0 aliphatic carbocycles.